The first kappa shape index (κ1) is 16.9. The van der Waals surface area contributed by atoms with E-state index < -0.39 is 12.1 Å². The van der Waals surface area contributed by atoms with Gasteiger partial charge in [0.15, 0.2) is 6.10 Å². The molecule has 120 valence electrons. The maximum atomic E-state index is 12.4. The van der Waals surface area contributed by atoms with Crippen LogP contribution in [-0.4, -0.2) is 17.9 Å². The molecule has 3 nitrogen and oxygen atoms in total. The van der Waals surface area contributed by atoms with Gasteiger partial charge in [0.25, 0.3) is 0 Å². The predicted molar refractivity (Wildman–Crippen MR) is 91.0 cm³/mol. The number of hydrogen-bond donors (Lipinski definition) is 0. The van der Waals surface area contributed by atoms with E-state index in [4.69, 9.17) is 4.74 Å². The van der Waals surface area contributed by atoms with Gasteiger partial charge in [-0.2, -0.15) is 0 Å². The molecule has 0 aliphatic rings. The van der Waals surface area contributed by atoms with Crippen molar-refractivity contribution < 1.29 is 14.3 Å². The Kier molecular flexibility index (Phi) is 4.99. The Bertz CT molecular complexity index is 739. The van der Waals surface area contributed by atoms with Crippen LogP contribution < -0.4 is 0 Å². The van der Waals surface area contributed by atoms with Gasteiger partial charge in [-0.15, -0.1) is 0 Å². The monoisotopic (exact) mass is 310 g/mol. The molecule has 3 heteroatoms. The molecule has 2 aromatic carbocycles. The summed E-state index contributed by atoms with van der Waals surface area (Å²) in [4.78, 5) is 24.7. The van der Waals surface area contributed by atoms with Crippen LogP contribution in [0.3, 0.4) is 0 Å². The number of benzene rings is 2. The van der Waals surface area contributed by atoms with Gasteiger partial charge in [-0.05, 0) is 63.9 Å². The fraction of sp³-hybridized carbons (Fsp3) is 0.300. The number of rotatable bonds is 4. The minimum absolute atomic E-state index is 0.189. The molecular weight excluding hydrogens is 288 g/mol. The zero-order chi connectivity index (χ0) is 17.1. The van der Waals surface area contributed by atoms with Crippen molar-refractivity contribution >= 4 is 11.8 Å². The Morgan fingerprint density at radius 2 is 1.43 bits per heavy atom. The largest absolute Gasteiger partial charge is 0.451 e. The van der Waals surface area contributed by atoms with Crippen LogP contribution in [0.2, 0.25) is 0 Å². The van der Waals surface area contributed by atoms with Crippen molar-refractivity contribution in [1.29, 1.82) is 0 Å². The van der Waals surface area contributed by atoms with Crippen molar-refractivity contribution in [3.8, 4) is 0 Å². The van der Waals surface area contributed by atoms with Gasteiger partial charge in [0, 0.05) is 5.56 Å². The average Bonchev–Trinajstić information content (AvgIpc) is 2.48. The number of Topliss-reactive ketones (excluding diaryl/α,β-unsaturated/α-hetero) is 1. The highest BCUT2D eigenvalue weighted by Gasteiger charge is 2.21. The first-order valence-corrected chi connectivity index (χ1v) is 7.68. The minimum Gasteiger partial charge on any atom is -0.451 e. The van der Waals surface area contributed by atoms with Gasteiger partial charge < -0.3 is 4.74 Å². The molecule has 0 spiro atoms. The lowest BCUT2D eigenvalue weighted by Crippen LogP contribution is -2.24. The molecule has 1 atom stereocenters. The van der Waals surface area contributed by atoms with Gasteiger partial charge in [0.1, 0.15) is 0 Å². The van der Waals surface area contributed by atoms with E-state index in [1.165, 1.54) is 0 Å². The highest BCUT2D eigenvalue weighted by atomic mass is 16.5. The molecule has 0 fully saturated rings. The second kappa shape index (κ2) is 6.78. The first-order chi connectivity index (χ1) is 10.8. The third kappa shape index (κ3) is 4.07. The van der Waals surface area contributed by atoms with Crippen LogP contribution in [0.15, 0.2) is 36.4 Å². The molecule has 0 aliphatic carbocycles. The molecule has 0 heterocycles. The summed E-state index contributed by atoms with van der Waals surface area (Å²) < 4.78 is 5.34. The van der Waals surface area contributed by atoms with Gasteiger partial charge >= 0.3 is 5.97 Å². The summed E-state index contributed by atoms with van der Waals surface area (Å²) in [6.07, 6.45) is -0.814. The zero-order valence-electron chi connectivity index (χ0n) is 14.3. The molecule has 0 radical (unpaired) electrons. The summed E-state index contributed by atoms with van der Waals surface area (Å²) in [5.74, 6) is -0.660. The molecule has 0 saturated heterocycles. The number of hydrogen-bond acceptors (Lipinski definition) is 3. The number of esters is 1. The molecule has 0 unspecified atom stereocenters. The van der Waals surface area contributed by atoms with E-state index in [-0.39, 0.29) is 5.78 Å². The Labute approximate surface area is 137 Å². The van der Waals surface area contributed by atoms with Gasteiger partial charge in [-0.3, -0.25) is 4.79 Å². The van der Waals surface area contributed by atoms with Crippen LogP contribution in [-0.2, 0) is 4.74 Å². The van der Waals surface area contributed by atoms with Crippen molar-refractivity contribution in [2.24, 2.45) is 0 Å². The van der Waals surface area contributed by atoms with Crippen LogP contribution >= 0.6 is 0 Å². The standard InChI is InChI=1S/C20H22O3/c1-12-8-13(2)10-18(9-12)20(22)23-16(5)19(21)17-7-6-14(3)15(4)11-17/h6-11,16H,1-5H3/t16-/m0/s1. The lowest BCUT2D eigenvalue weighted by Gasteiger charge is -2.14. The lowest BCUT2D eigenvalue weighted by atomic mass is 10.0. The Morgan fingerprint density at radius 3 is 2.00 bits per heavy atom. The number of ether oxygens (including phenoxy) is 1. The number of ketones is 1. The van der Waals surface area contributed by atoms with E-state index in [1.54, 1.807) is 25.1 Å². The number of carbonyl (C=O) groups is 2. The van der Waals surface area contributed by atoms with E-state index in [0.717, 1.165) is 22.3 Å². The smallest absolute Gasteiger partial charge is 0.338 e. The molecule has 23 heavy (non-hydrogen) atoms. The fourth-order valence-corrected chi connectivity index (χ4v) is 2.50. The quantitative estimate of drug-likeness (QED) is 0.623. The van der Waals surface area contributed by atoms with Crippen LogP contribution in [0.1, 0.15) is 49.9 Å². The molecule has 2 rings (SSSR count). The summed E-state index contributed by atoms with van der Waals surface area (Å²) in [7, 11) is 0. The van der Waals surface area contributed by atoms with E-state index in [2.05, 4.69) is 0 Å². The van der Waals surface area contributed by atoms with E-state index in [1.807, 2.05) is 45.9 Å². The maximum Gasteiger partial charge on any atom is 0.338 e. The van der Waals surface area contributed by atoms with Crippen molar-refractivity contribution in [3.05, 3.63) is 69.8 Å². The summed E-state index contributed by atoms with van der Waals surface area (Å²) in [6.45, 7) is 9.41. The molecule has 0 N–H and O–H groups in total. The molecule has 0 saturated carbocycles. The summed E-state index contributed by atoms with van der Waals surface area (Å²) in [6, 6.07) is 11.0. The maximum absolute atomic E-state index is 12.4. The third-order valence-electron chi connectivity index (χ3n) is 3.90. The van der Waals surface area contributed by atoms with Crippen molar-refractivity contribution in [1.82, 2.24) is 0 Å². The molecule has 0 bridgehead atoms. The molecule has 0 aromatic heterocycles. The Balaban J connectivity index is 2.14. The van der Waals surface area contributed by atoms with Crippen molar-refractivity contribution in [2.75, 3.05) is 0 Å². The lowest BCUT2D eigenvalue weighted by molar-refractivity contribution is 0.0318. The Hall–Kier alpha value is -2.42. The average molecular weight is 310 g/mol. The van der Waals surface area contributed by atoms with Gasteiger partial charge in [0.05, 0.1) is 5.56 Å². The van der Waals surface area contributed by atoms with Gasteiger partial charge in [0.2, 0.25) is 5.78 Å². The number of carbonyl (C=O) groups excluding carboxylic acids is 2. The molecule has 0 aliphatic heterocycles. The first-order valence-electron chi connectivity index (χ1n) is 7.68. The van der Waals surface area contributed by atoms with Gasteiger partial charge in [-0.25, -0.2) is 4.79 Å². The second-order valence-corrected chi connectivity index (χ2v) is 6.09. The van der Waals surface area contributed by atoms with Gasteiger partial charge in [-0.1, -0.05) is 29.3 Å². The van der Waals surface area contributed by atoms with Crippen LogP contribution in [0, 0.1) is 27.7 Å². The highest BCUT2D eigenvalue weighted by Crippen LogP contribution is 2.15. The normalized spacial score (nSPS) is 11.9. The highest BCUT2D eigenvalue weighted by molar-refractivity contribution is 6.01. The fourth-order valence-electron chi connectivity index (χ4n) is 2.50. The van der Waals surface area contributed by atoms with Crippen LogP contribution in [0.5, 0.6) is 0 Å². The van der Waals surface area contributed by atoms with E-state index in [9.17, 15) is 9.59 Å². The third-order valence-corrected chi connectivity index (χ3v) is 3.90. The van der Waals surface area contributed by atoms with Crippen molar-refractivity contribution in [3.63, 3.8) is 0 Å². The zero-order valence-corrected chi connectivity index (χ0v) is 14.3. The van der Waals surface area contributed by atoms with E-state index >= 15 is 0 Å². The van der Waals surface area contributed by atoms with E-state index in [0.29, 0.717) is 11.1 Å². The molecule has 2 aromatic rings. The summed E-state index contributed by atoms with van der Waals surface area (Å²) >= 11 is 0. The Morgan fingerprint density at radius 1 is 0.826 bits per heavy atom. The molecular formula is C20H22O3. The summed E-state index contributed by atoms with van der Waals surface area (Å²) in [5.41, 5.74) is 5.19. The number of aryl methyl sites for hydroxylation is 4. The summed E-state index contributed by atoms with van der Waals surface area (Å²) in [5, 5.41) is 0. The predicted octanol–water partition coefficient (Wildman–Crippen LogP) is 4.35. The van der Waals surface area contributed by atoms with Crippen molar-refractivity contribution in [2.45, 2.75) is 40.7 Å². The SMILES string of the molecule is Cc1cc(C)cc(C(=O)O[C@@H](C)C(=O)c2ccc(C)c(C)c2)c1. The molecule has 0 amide bonds. The minimum atomic E-state index is -0.814. The second-order valence-electron chi connectivity index (χ2n) is 6.09. The van der Waals surface area contributed by atoms with Crippen LogP contribution in [0.4, 0.5) is 0 Å². The van der Waals surface area contributed by atoms with Crippen LogP contribution in [0.25, 0.3) is 0 Å². The topological polar surface area (TPSA) is 43.4 Å².